The molecule has 0 unspecified atom stereocenters. The van der Waals surface area contributed by atoms with Crippen molar-refractivity contribution in [2.75, 3.05) is 20.2 Å². The number of ether oxygens (including phenoxy) is 1. The van der Waals surface area contributed by atoms with E-state index in [-0.39, 0.29) is 12.0 Å². The lowest BCUT2D eigenvalue weighted by atomic mass is 9.43. The SMILES string of the molecule is C/C=C1/CN2CC[C@]34C(=Nc5ccccc53)[C@@H]2C[C@@H]1[C@@]4(C=O)C(=O)OC. The predicted molar refractivity (Wildman–Crippen MR) is 97.6 cm³/mol. The van der Waals surface area contributed by atoms with Crippen LogP contribution in [0.25, 0.3) is 0 Å². The summed E-state index contributed by atoms with van der Waals surface area (Å²) in [5.74, 6) is -0.556. The highest BCUT2D eigenvalue weighted by Crippen LogP contribution is 2.65. The highest BCUT2D eigenvalue weighted by atomic mass is 16.5. The molecule has 1 aliphatic carbocycles. The Kier molecular flexibility index (Phi) is 3.15. The van der Waals surface area contributed by atoms with Crippen molar-refractivity contribution < 1.29 is 14.3 Å². The summed E-state index contributed by atoms with van der Waals surface area (Å²) in [5, 5.41) is 0. The molecular weight excluding hydrogens is 328 g/mol. The molecule has 1 aromatic rings. The molecule has 134 valence electrons. The summed E-state index contributed by atoms with van der Waals surface area (Å²) in [5.41, 5.74) is 2.15. The highest BCUT2D eigenvalue weighted by Gasteiger charge is 2.73. The molecule has 4 aliphatic rings. The summed E-state index contributed by atoms with van der Waals surface area (Å²) in [6.07, 6.45) is 4.45. The van der Waals surface area contributed by atoms with Crippen LogP contribution in [0, 0.1) is 11.3 Å². The lowest BCUT2D eigenvalue weighted by Crippen LogP contribution is -2.74. The van der Waals surface area contributed by atoms with Crippen molar-refractivity contribution in [2.24, 2.45) is 16.3 Å². The third-order valence-corrected chi connectivity index (χ3v) is 7.20. The van der Waals surface area contributed by atoms with E-state index >= 15 is 0 Å². The van der Waals surface area contributed by atoms with Crippen molar-refractivity contribution >= 4 is 23.7 Å². The minimum absolute atomic E-state index is 0.135. The van der Waals surface area contributed by atoms with Crippen LogP contribution in [0.2, 0.25) is 0 Å². The van der Waals surface area contributed by atoms with E-state index in [2.05, 4.69) is 11.0 Å². The molecular formula is C21H22N2O3. The summed E-state index contributed by atoms with van der Waals surface area (Å²) in [7, 11) is 1.39. The van der Waals surface area contributed by atoms with Crippen LogP contribution in [0.5, 0.6) is 0 Å². The van der Waals surface area contributed by atoms with Crippen molar-refractivity contribution in [2.45, 2.75) is 31.2 Å². The normalized spacial score (nSPS) is 38.5. The number of piperidine rings is 2. The van der Waals surface area contributed by atoms with E-state index in [1.54, 1.807) is 0 Å². The number of para-hydroxylation sites is 1. The standard InChI is InChI=1S/C21H22N2O3/c1-3-13-11-23-9-8-20-14-6-4-5-7-16(14)22-18(20)17(23)10-15(13)21(20,12-24)19(25)26-2/h3-7,12,15,17H,8-11H2,1-2H3/b13-3-/t15-,17-,20+,21-/m0/s1. The quantitative estimate of drug-likeness (QED) is 0.356. The first kappa shape index (κ1) is 15.9. The number of fused-ring (bicyclic) bond motifs is 2. The fraction of sp³-hybridized carbons (Fsp3) is 0.476. The number of benzene rings is 1. The minimum Gasteiger partial charge on any atom is -0.468 e. The average Bonchev–Trinajstić information content (AvgIpc) is 3.04. The van der Waals surface area contributed by atoms with Gasteiger partial charge in [0, 0.05) is 24.7 Å². The zero-order valence-electron chi connectivity index (χ0n) is 15.1. The second-order valence-electron chi connectivity index (χ2n) is 7.79. The van der Waals surface area contributed by atoms with Crippen LogP contribution < -0.4 is 0 Å². The summed E-state index contributed by atoms with van der Waals surface area (Å²) in [4.78, 5) is 33.5. The van der Waals surface area contributed by atoms with Crippen LogP contribution in [-0.2, 0) is 19.7 Å². The molecule has 1 saturated carbocycles. The average molecular weight is 350 g/mol. The van der Waals surface area contributed by atoms with Gasteiger partial charge in [0.05, 0.1) is 24.3 Å². The Labute approximate surface area is 152 Å². The fourth-order valence-electron chi connectivity index (χ4n) is 6.15. The molecule has 2 saturated heterocycles. The third-order valence-electron chi connectivity index (χ3n) is 7.20. The molecule has 3 heterocycles. The number of nitrogens with zero attached hydrogens (tertiary/aromatic N) is 2. The number of rotatable bonds is 2. The van der Waals surface area contributed by atoms with Gasteiger partial charge in [-0.3, -0.25) is 14.7 Å². The lowest BCUT2D eigenvalue weighted by Gasteiger charge is -2.62. The Hall–Kier alpha value is -2.27. The van der Waals surface area contributed by atoms with Gasteiger partial charge in [0.1, 0.15) is 11.7 Å². The molecule has 0 aromatic heterocycles. The number of aliphatic imine (C=N–C) groups is 1. The van der Waals surface area contributed by atoms with E-state index in [9.17, 15) is 9.59 Å². The number of esters is 1. The van der Waals surface area contributed by atoms with E-state index in [0.29, 0.717) is 0 Å². The maximum Gasteiger partial charge on any atom is 0.321 e. The van der Waals surface area contributed by atoms with Crippen LogP contribution in [-0.4, -0.2) is 49.1 Å². The second-order valence-corrected chi connectivity index (χ2v) is 7.79. The van der Waals surface area contributed by atoms with Crippen molar-refractivity contribution in [3.8, 4) is 0 Å². The van der Waals surface area contributed by atoms with Crippen LogP contribution >= 0.6 is 0 Å². The van der Waals surface area contributed by atoms with Crippen LogP contribution in [0.4, 0.5) is 5.69 Å². The Bertz CT molecular complexity index is 889. The fourth-order valence-corrected chi connectivity index (χ4v) is 6.15. The van der Waals surface area contributed by atoms with E-state index in [1.165, 1.54) is 12.7 Å². The first-order valence-corrected chi connectivity index (χ1v) is 9.26. The number of methoxy groups -OCH3 is 1. The molecule has 3 fully saturated rings. The molecule has 0 spiro atoms. The topological polar surface area (TPSA) is 59.0 Å². The van der Waals surface area contributed by atoms with Crippen molar-refractivity contribution in [1.82, 2.24) is 4.90 Å². The van der Waals surface area contributed by atoms with Gasteiger partial charge in [-0.15, -0.1) is 0 Å². The van der Waals surface area contributed by atoms with Gasteiger partial charge in [-0.05, 0) is 31.4 Å². The van der Waals surface area contributed by atoms with Gasteiger partial charge in [0.15, 0.2) is 0 Å². The molecule has 0 N–H and O–H groups in total. The van der Waals surface area contributed by atoms with Crippen LogP contribution in [0.3, 0.4) is 0 Å². The van der Waals surface area contributed by atoms with Crippen LogP contribution in [0.15, 0.2) is 40.9 Å². The van der Waals surface area contributed by atoms with Crippen molar-refractivity contribution in [1.29, 1.82) is 0 Å². The monoisotopic (exact) mass is 350 g/mol. The van der Waals surface area contributed by atoms with E-state index in [0.717, 1.165) is 49.2 Å². The summed E-state index contributed by atoms with van der Waals surface area (Å²) < 4.78 is 5.27. The number of allylic oxidation sites excluding steroid dienone is 1. The molecule has 5 nitrogen and oxygen atoms in total. The Morgan fingerprint density at radius 2 is 2.19 bits per heavy atom. The number of carbonyl (C=O) groups is 2. The van der Waals surface area contributed by atoms with E-state index in [4.69, 9.17) is 9.73 Å². The third kappa shape index (κ3) is 1.51. The molecule has 3 aliphatic heterocycles. The van der Waals surface area contributed by atoms with E-state index in [1.807, 2.05) is 31.2 Å². The smallest absolute Gasteiger partial charge is 0.321 e. The summed E-state index contributed by atoms with van der Waals surface area (Å²) >= 11 is 0. The minimum atomic E-state index is -1.24. The van der Waals surface area contributed by atoms with Crippen molar-refractivity contribution in [3.05, 3.63) is 41.5 Å². The van der Waals surface area contributed by atoms with Gasteiger partial charge in [0.2, 0.25) is 0 Å². The zero-order chi connectivity index (χ0) is 18.1. The zero-order valence-corrected chi connectivity index (χ0v) is 15.1. The summed E-state index contributed by atoms with van der Waals surface area (Å²) in [6, 6.07) is 8.17. The largest absolute Gasteiger partial charge is 0.468 e. The molecule has 4 atom stereocenters. The number of hydrogen-bond donors (Lipinski definition) is 0. The maximum atomic E-state index is 13.3. The van der Waals surface area contributed by atoms with Crippen LogP contribution in [0.1, 0.15) is 25.3 Å². The molecule has 3 bridgehead atoms. The molecule has 5 rings (SSSR count). The molecule has 1 aromatic carbocycles. The second kappa shape index (κ2) is 5.13. The van der Waals surface area contributed by atoms with Gasteiger partial charge in [-0.25, -0.2) is 0 Å². The molecule has 5 heteroatoms. The highest BCUT2D eigenvalue weighted by molar-refractivity contribution is 6.15. The maximum absolute atomic E-state index is 13.3. The molecule has 0 amide bonds. The first-order valence-electron chi connectivity index (χ1n) is 9.26. The summed E-state index contributed by atoms with van der Waals surface area (Å²) in [6.45, 7) is 3.65. The lowest BCUT2D eigenvalue weighted by molar-refractivity contribution is -0.166. The molecule has 0 radical (unpaired) electrons. The van der Waals surface area contributed by atoms with Gasteiger partial charge in [0.25, 0.3) is 0 Å². The van der Waals surface area contributed by atoms with Gasteiger partial charge in [-0.2, -0.15) is 0 Å². The van der Waals surface area contributed by atoms with Gasteiger partial charge >= 0.3 is 5.97 Å². The van der Waals surface area contributed by atoms with Gasteiger partial charge in [-0.1, -0.05) is 29.8 Å². The first-order chi connectivity index (χ1) is 12.6. The van der Waals surface area contributed by atoms with Crippen molar-refractivity contribution in [3.63, 3.8) is 0 Å². The Morgan fingerprint density at radius 1 is 1.38 bits per heavy atom. The number of aldehydes is 1. The Balaban J connectivity index is 1.88. The Morgan fingerprint density at radius 3 is 2.92 bits per heavy atom. The van der Waals surface area contributed by atoms with Gasteiger partial charge < -0.3 is 9.53 Å². The molecule has 26 heavy (non-hydrogen) atoms. The van der Waals surface area contributed by atoms with E-state index < -0.39 is 16.8 Å². The predicted octanol–water partition coefficient (Wildman–Crippen LogP) is 2.42. The number of carbonyl (C=O) groups excluding carboxylic acids is 2. The number of hydrogen-bond acceptors (Lipinski definition) is 5.